The van der Waals surface area contributed by atoms with Gasteiger partial charge in [0, 0.05) is 30.5 Å². The van der Waals surface area contributed by atoms with Gasteiger partial charge in [-0.1, -0.05) is 6.92 Å². The van der Waals surface area contributed by atoms with E-state index in [1.807, 2.05) is 24.0 Å². The Morgan fingerprint density at radius 3 is 3.07 bits per heavy atom. The highest BCUT2D eigenvalue weighted by atomic mass is 32.1. The first-order chi connectivity index (χ1) is 7.40. The highest BCUT2D eigenvalue weighted by Gasteiger charge is 2.03. The van der Waals surface area contributed by atoms with E-state index in [4.69, 9.17) is 0 Å². The summed E-state index contributed by atoms with van der Waals surface area (Å²) < 4.78 is 2.08. The largest absolute Gasteiger partial charge is 0.356 e. The van der Waals surface area contributed by atoms with Gasteiger partial charge in [-0.15, -0.1) is 11.3 Å². The van der Waals surface area contributed by atoms with Crippen molar-refractivity contribution in [2.45, 2.75) is 19.9 Å². The van der Waals surface area contributed by atoms with Gasteiger partial charge < -0.3 is 9.88 Å². The van der Waals surface area contributed by atoms with Crippen LogP contribution in [-0.4, -0.2) is 21.1 Å². The van der Waals surface area contributed by atoms with Gasteiger partial charge in [0.05, 0.1) is 6.54 Å². The number of rotatable bonds is 5. The van der Waals surface area contributed by atoms with Crippen molar-refractivity contribution in [1.82, 2.24) is 14.5 Å². The first-order valence-corrected chi connectivity index (χ1v) is 5.91. The van der Waals surface area contributed by atoms with Gasteiger partial charge in [-0.2, -0.15) is 0 Å². The Morgan fingerprint density at radius 2 is 2.33 bits per heavy atom. The smallest absolute Gasteiger partial charge is 0.203 e. The molecule has 5 heteroatoms. The summed E-state index contributed by atoms with van der Waals surface area (Å²) in [6.07, 6.45) is 6.71. The zero-order valence-electron chi connectivity index (χ0n) is 8.68. The number of anilines is 1. The molecule has 2 aromatic heterocycles. The lowest BCUT2D eigenvalue weighted by atomic mass is 10.5. The fourth-order valence-corrected chi connectivity index (χ4v) is 1.93. The van der Waals surface area contributed by atoms with E-state index >= 15 is 0 Å². The van der Waals surface area contributed by atoms with E-state index in [1.165, 1.54) is 0 Å². The molecule has 15 heavy (non-hydrogen) atoms. The first kappa shape index (κ1) is 10.2. The molecular weight excluding hydrogens is 208 g/mol. The van der Waals surface area contributed by atoms with Crippen LogP contribution in [0, 0.1) is 0 Å². The lowest BCUT2D eigenvalue weighted by molar-refractivity contribution is 0.787. The van der Waals surface area contributed by atoms with Crippen molar-refractivity contribution >= 4 is 17.3 Å². The molecule has 1 N–H and O–H groups in total. The van der Waals surface area contributed by atoms with Gasteiger partial charge in [-0.3, -0.25) is 0 Å². The van der Waals surface area contributed by atoms with Crippen LogP contribution in [0.2, 0.25) is 0 Å². The van der Waals surface area contributed by atoms with E-state index in [9.17, 15) is 0 Å². The molecule has 0 fully saturated rings. The van der Waals surface area contributed by atoms with Crippen LogP contribution in [0.5, 0.6) is 0 Å². The van der Waals surface area contributed by atoms with Crippen molar-refractivity contribution in [3.8, 4) is 0 Å². The minimum Gasteiger partial charge on any atom is -0.356 e. The number of nitrogens with zero attached hydrogens (tertiary/aromatic N) is 3. The van der Waals surface area contributed by atoms with Crippen molar-refractivity contribution < 1.29 is 0 Å². The SMILES string of the molecule is CCCNc1nccn1Cc1nccs1. The molecule has 80 valence electrons. The zero-order valence-corrected chi connectivity index (χ0v) is 9.50. The maximum Gasteiger partial charge on any atom is 0.203 e. The molecule has 0 amide bonds. The molecule has 0 aliphatic heterocycles. The Bertz CT molecular complexity index is 393. The van der Waals surface area contributed by atoms with Crippen LogP contribution < -0.4 is 5.32 Å². The topological polar surface area (TPSA) is 42.7 Å². The molecule has 0 unspecified atom stereocenters. The Balaban J connectivity index is 2.04. The average Bonchev–Trinajstić information content (AvgIpc) is 2.87. The van der Waals surface area contributed by atoms with Crippen LogP contribution in [0.4, 0.5) is 5.95 Å². The van der Waals surface area contributed by atoms with Crippen LogP contribution >= 0.6 is 11.3 Å². The molecule has 4 nitrogen and oxygen atoms in total. The molecule has 0 spiro atoms. The summed E-state index contributed by atoms with van der Waals surface area (Å²) in [5.74, 6) is 0.923. The van der Waals surface area contributed by atoms with Crippen molar-refractivity contribution in [3.05, 3.63) is 29.0 Å². The van der Waals surface area contributed by atoms with Crippen LogP contribution in [0.3, 0.4) is 0 Å². The van der Waals surface area contributed by atoms with Gasteiger partial charge >= 0.3 is 0 Å². The number of aromatic nitrogens is 3. The second-order valence-electron chi connectivity index (χ2n) is 3.23. The summed E-state index contributed by atoms with van der Waals surface area (Å²) in [5.41, 5.74) is 0. The lowest BCUT2D eigenvalue weighted by Gasteiger charge is -2.06. The van der Waals surface area contributed by atoms with Gasteiger partial charge in [0.15, 0.2) is 0 Å². The van der Waals surface area contributed by atoms with Crippen LogP contribution in [0.25, 0.3) is 0 Å². The summed E-state index contributed by atoms with van der Waals surface area (Å²) in [7, 11) is 0. The molecule has 0 aliphatic carbocycles. The third-order valence-corrected chi connectivity index (χ3v) is 2.80. The van der Waals surface area contributed by atoms with Crippen molar-refractivity contribution in [2.75, 3.05) is 11.9 Å². The summed E-state index contributed by atoms with van der Waals surface area (Å²) in [6.45, 7) is 3.89. The Morgan fingerprint density at radius 1 is 1.40 bits per heavy atom. The number of imidazole rings is 1. The minimum atomic E-state index is 0.795. The second kappa shape index (κ2) is 4.93. The maximum atomic E-state index is 4.26. The lowest BCUT2D eigenvalue weighted by Crippen LogP contribution is -2.08. The average molecular weight is 222 g/mol. The fraction of sp³-hybridized carbons (Fsp3) is 0.400. The summed E-state index contributed by atoms with van der Waals surface area (Å²) in [4.78, 5) is 8.52. The van der Waals surface area contributed by atoms with Crippen molar-refractivity contribution in [2.24, 2.45) is 0 Å². The Kier molecular flexibility index (Phi) is 3.34. The Hall–Kier alpha value is -1.36. The van der Waals surface area contributed by atoms with Crippen molar-refractivity contribution in [1.29, 1.82) is 0 Å². The third-order valence-electron chi connectivity index (χ3n) is 2.04. The molecule has 0 saturated carbocycles. The van der Waals surface area contributed by atoms with E-state index in [2.05, 4.69) is 26.8 Å². The first-order valence-electron chi connectivity index (χ1n) is 5.03. The monoisotopic (exact) mass is 222 g/mol. The molecule has 0 bridgehead atoms. The highest BCUT2D eigenvalue weighted by Crippen LogP contribution is 2.11. The minimum absolute atomic E-state index is 0.795. The van der Waals surface area contributed by atoms with E-state index < -0.39 is 0 Å². The molecule has 0 atom stereocenters. The van der Waals surface area contributed by atoms with Gasteiger partial charge in [-0.25, -0.2) is 9.97 Å². The fourth-order valence-electron chi connectivity index (χ4n) is 1.32. The predicted molar refractivity (Wildman–Crippen MR) is 62.2 cm³/mol. The maximum absolute atomic E-state index is 4.26. The molecule has 2 heterocycles. The Labute approximate surface area is 93.0 Å². The zero-order chi connectivity index (χ0) is 10.5. The molecule has 2 aromatic rings. The van der Waals surface area contributed by atoms with Gasteiger partial charge in [0.25, 0.3) is 0 Å². The molecule has 0 aromatic carbocycles. The highest BCUT2D eigenvalue weighted by molar-refractivity contribution is 7.09. The standard InChI is InChI=1S/C10H14N4S/c1-2-3-12-10-13-4-6-14(10)8-9-11-5-7-15-9/h4-7H,2-3,8H2,1H3,(H,12,13). The van der Waals surface area contributed by atoms with E-state index in [0.717, 1.165) is 30.5 Å². The van der Waals surface area contributed by atoms with E-state index in [0.29, 0.717) is 0 Å². The van der Waals surface area contributed by atoms with E-state index in [1.54, 1.807) is 11.3 Å². The van der Waals surface area contributed by atoms with Crippen LogP contribution in [0.15, 0.2) is 24.0 Å². The number of nitrogens with one attached hydrogen (secondary N) is 1. The van der Waals surface area contributed by atoms with E-state index in [-0.39, 0.29) is 0 Å². The quantitative estimate of drug-likeness (QED) is 0.843. The second-order valence-corrected chi connectivity index (χ2v) is 4.21. The number of hydrogen-bond donors (Lipinski definition) is 1. The van der Waals surface area contributed by atoms with Gasteiger partial charge in [0.2, 0.25) is 5.95 Å². The predicted octanol–water partition coefficient (Wildman–Crippen LogP) is 2.21. The van der Waals surface area contributed by atoms with Gasteiger partial charge in [0.1, 0.15) is 5.01 Å². The van der Waals surface area contributed by atoms with Crippen LogP contribution in [0.1, 0.15) is 18.4 Å². The van der Waals surface area contributed by atoms with Crippen molar-refractivity contribution in [3.63, 3.8) is 0 Å². The number of thiazole rings is 1. The molecule has 2 rings (SSSR count). The summed E-state index contributed by atoms with van der Waals surface area (Å²) >= 11 is 1.67. The van der Waals surface area contributed by atoms with Crippen LogP contribution in [-0.2, 0) is 6.54 Å². The summed E-state index contributed by atoms with van der Waals surface area (Å²) in [6, 6.07) is 0. The van der Waals surface area contributed by atoms with Gasteiger partial charge in [-0.05, 0) is 6.42 Å². The molecule has 0 aliphatic rings. The molecule has 0 radical (unpaired) electrons. The summed E-state index contributed by atoms with van der Waals surface area (Å²) in [5, 5.41) is 6.38. The normalized spacial score (nSPS) is 10.5. The molecular formula is C10H14N4S. The number of hydrogen-bond acceptors (Lipinski definition) is 4. The third kappa shape index (κ3) is 2.56. The molecule has 0 saturated heterocycles.